The van der Waals surface area contributed by atoms with Crippen LogP contribution in [-0.4, -0.2) is 49.0 Å². The number of aromatic nitrogens is 3. The van der Waals surface area contributed by atoms with Crippen LogP contribution < -0.4 is 20.1 Å². The maximum Gasteiger partial charge on any atom is 0.285 e. The number of nitrogens with one attached hydrogen (secondary N) is 1. The van der Waals surface area contributed by atoms with Crippen LogP contribution in [0.25, 0.3) is 11.3 Å². The molecule has 0 spiro atoms. The molecule has 2 aromatic heterocycles. The zero-order valence-corrected chi connectivity index (χ0v) is 20.5. The van der Waals surface area contributed by atoms with Gasteiger partial charge in [0.2, 0.25) is 5.03 Å². The van der Waals surface area contributed by atoms with Gasteiger partial charge in [-0.05, 0) is 62.1 Å². The van der Waals surface area contributed by atoms with Crippen LogP contribution in [0.3, 0.4) is 0 Å². The van der Waals surface area contributed by atoms with Crippen LogP contribution in [0.1, 0.15) is 37.0 Å². The minimum atomic E-state index is -4.33. The van der Waals surface area contributed by atoms with E-state index in [1.807, 2.05) is 36.1 Å². The largest absolute Gasteiger partial charge is 0.494 e. The fourth-order valence-corrected chi connectivity index (χ4v) is 4.88. The van der Waals surface area contributed by atoms with E-state index in [2.05, 4.69) is 21.6 Å². The summed E-state index contributed by atoms with van der Waals surface area (Å²) in [6.45, 7) is 6.11. The van der Waals surface area contributed by atoms with Crippen LogP contribution in [0.2, 0.25) is 0 Å². The number of carbonyl (C=O) groups excluding carboxylic acids is 1. The first-order valence-electron chi connectivity index (χ1n) is 11.4. The maximum atomic E-state index is 13.2. The van der Waals surface area contributed by atoms with Gasteiger partial charge in [-0.25, -0.2) is 19.7 Å². The number of hydrogen-bond acceptors (Lipinski definition) is 9. The molecule has 0 radical (unpaired) electrons. The number of hydrogen-bond donors (Lipinski definition) is 2. The van der Waals surface area contributed by atoms with Gasteiger partial charge in [-0.1, -0.05) is 6.92 Å². The molecule has 0 unspecified atom stereocenters. The Morgan fingerprint density at radius 2 is 1.80 bits per heavy atom. The second-order valence-corrected chi connectivity index (χ2v) is 9.97. The quantitative estimate of drug-likeness (QED) is 0.505. The molecule has 1 fully saturated rings. The Labute approximate surface area is 204 Å². The highest BCUT2D eigenvalue weighted by Crippen LogP contribution is 2.29. The molecule has 0 saturated carbocycles. The molecule has 0 atom stereocenters. The van der Waals surface area contributed by atoms with E-state index in [1.165, 1.54) is 12.4 Å². The summed E-state index contributed by atoms with van der Waals surface area (Å²) in [6.07, 6.45) is 4.37. The second-order valence-electron chi connectivity index (χ2n) is 8.38. The molecule has 184 valence electrons. The molecule has 1 saturated heterocycles. The van der Waals surface area contributed by atoms with Crippen LogP contribution in [0.15, 0.2) is 53.8 Å². The number of sulfonamides is 1. The number of ether oxygens (including phenoxy) is 1. The van der Waals surface area contributed by atoms with Crippen molar-refractivity contribution in [1.82, 2.24) is 19.7 Å². The third-order valence-electron chi connectivity index (χ3n) is 5.84. The highest BCUT2D eigenvalue weighted by molar-refractivity contribution is 7.90. The van der Waals surface area contributed by atoms with E-state index in [-0.39, 0.29) is 11.4 Å². The summed E-state index contributed by atoms with van der Waals surface area (Å²) in [6, 6.07) is 10.8. The zero-order chi connectivity index (χ0) is 25.0. The number of anilines is 2. The highest BCUT2D eigenvalue weighted by Gasteiger charge is 2.28. The number of rotatable bonds is 7. The molecule has 0 bridgehead atoms. The Balaban J connectivity index is 1.68. The number of benzene rings is 1. The Kier molecular flexibility index (Phi) is 7.15. The van der Waals surface area contributed by atoms with Crippen LogP contribution in [0, 0.1) is 5.92 Å². The highest BCUT2D eigenvalue weighted by atomic mass is 32.2. The molecule has 3 aromatic rings. The lowest BCUT2D eigenvalue weighted by Gasteiger charge is -2.32. The summed E-state index contributed by atoms with van der Waals surface area (Å²) in [5.74, 6) is 0.656. The Morgan fingerprint density at radius 3 is 2.46 bits per heavy atom. The Bertz CT molecular complexity index is 1310. The molecule has 3 N–H and O–H groups in total. The molecular formula is C24H28N6O4S. The molecule has 4 rings (SSSR count). The SMILES string of the molecule is CCOc1ccc(-c2ccc(C(=O)NS(=O)(=O)c3nccnc3N)c(N3CCC(C)CC3)n2)cc1. The first kappa shape index (κ1) is 24.4. The van der Waals surface area contributed by atoms with E-state index in [1.54, 1.807) is 12.1 Å². The fourth-order valence-electron chi connectivity index (χ4n) is 3.90. The van der Waals surface area contributed by atoms with E-state index >= 15 is 0 Å². The third-order valence-corrected chi connectivity index (χ3v) is 7.11. The summed E-state index contributed by atoms with van der Waals surface area (Å²) in [7, 11) is -4.33. The summed E-state index contributed by atoms with van der Waals surface area (Å²) in [4.78, 5) is 27.5. The summed E-state index contributed by atoms with van der Waals surface area (Å²) < 4.78 is 33.1. The minimum absolute atomic E-state index is 0.153. The van der Waals surface area contributed by atoms with Gasteiger partial charge < -0.3 is 15.4 Å². The summed E-state index contributed by atoms with van der Waals surface area (Å²) in [5.41, 5.74) is 7.33. The molecule has 3 heterocycles. The second kappa shape index (κ2) is 10.3. The van der Waals surface area contributed by atoms with Crippen molar-refractivity contribution < 1.29 is 17.9 Å². The lowest BCUT2D eigenvalue weighted by Crippen LogP contribution is -2.37. The van der Waals surface area contributed by atoms with Crippen LogP contribution in [-0.2, 0) is 10.0 Å². The van der Waals surface area contributed by atoms with Gasteiger partial charge in [0.15, 0.2) is 5.82 Å². The number of piperidine rings is 1. The van der Waals surface area contributed by atoms with Crippen molar-refractivity contribution in [3.8, 4) is 17.0 Å². The molecular weight excluding hydrogens is 468 g/mol. The molecule has 0 aliphatic carbocycles. The van der Waals surface area contributed by atoms with E-state index < -0.39 is 21.0 Å². The number of carbonyl (C=O) groups is 1. The van der Waals surface area contributed by atoms with Crippen LogP contribution >= 0.6 is 0 Å². The molecule has 1 aliphatic heterocycles. The molecule has 1 amide bonds. The molecule has 1 aromatic carbocycles. The lowest BCUT2D eigenvalue weighted by atomic mass is 9.98. The van der Waals surface area contributed by atoms with Gasteiger partial charge in [0.25, 0.3) is 15.9 Å². The van der Waals surface area contributed by atoms with Crippen LogP contribution in [0.5, 0.6) is 5.75 Å². The van der Waals surface area contributed by atoms with Crippen molar-refractivity contribution >= 4 is 27.6 Å². The van der Waals surface area contributed by atoms with E-state index in [4.69, 9.17) is 15.5 Å². The predicted molar refractivity (Wildman–Crippen MR) is 133 cm³/mol. The van der Waals surface area contributed by atoms with Crippen LogP contribution in [0.4, 0.5) is 11.6 Å². The number of nitrogen functional groups attached to an aromatic ring is 1. The van der Waals surface area contributed by atoms with E-state index in [9.17, 15) is 13.2 Å². The first-order valence-corrected chi connectivity index (χ1v) is 12.9. The smallest absolute Gasteiger partial charge is 0.285 e. The van der Waals surface area contributed by atoms with E-state index in [0.29, 0.717) is 37.1 Å². The van der Waals surface area contributed by atoms with Gasteiger partial charge >= 0.3 is 0 Å². The first-order chi connectivity index (χ1) is 16.8. The van der Waals surface area contributed by atoms with Crippen molar-refractivity contribution in [3.63, 3.8) is 0 Å². The van der Waals surface area contributed by atoms with Crippen molar-refractivity contribution in [2.24, 2.45) is 5.92 Å². The monoisotopic (exact) mass is 496 g/mol. The van der Waals surface area contributed by atoms with Gasteiger partial charge in [-0.3, -0.25) is 4.79 Å². The summed E-state index contributed by atoms with van der Waals surface area (Å²) >= 11 is 0. The van der Waals surface area contributed by atoms with Crippen molar-refractivity contribution in [1.29, 1.82) is 0 Å². The number of nitrogens with zero attached hydrogens (tertiary/aromatic N) is 4. The van der Waals surface area contributed by atoms with Crippen molar-refractivity contribution in [2.45, 2.75) is 31.7 Å². The minimum Gasteiger partial charge on any atom is -0.494 e. The van der Waals surface area contributed by atoms with Gasteiger partial charge in [0.1, 0.15) is 11.6 Å². The average molecular weight is 497 g/mol. The van der Waals surface area contributed by atoms with Crippen molar-refractivity contribution in [3.05, 3.63) is 54.4 Å². The predicted octanol–water partition coefficient (Wildman–Crippen LogP) is 2.87. The van der Waals surface area contributed by atoms with Gasteiger partial charge in [0, 0.05) is 31.0 Å². The number of nitrogens with two attached hydrogens (primary N) is 1. The summed E-state index contributed by atoms with van der Waals surface area (Å²) in [5, 5.41) is -0.499. The molecule has 10 nitrogen and oxygen atoms in total. The zero-order valence-electron chi connectivity index (χ0n) is 19.6. The molecule has 1 aliphatic rings. The van der Waals surface area contributed by atoms with E-state index in [0.717, 1.165) is 24.2 Å². The maximum absolute atomic E-state index is 13.2. The van der Waals surface area contributed by atoms with Gasteiger partial charge in [0.05, 0.1) is 17.9 Å². The Morgan fingerprint density at radius 1 is 1.11 bits per heavy atom. The number of pyridine rings is 1. The topological polar surface area (TPSA) is 140 Å². The fraction of sp³-hybridized carbons (Fsp3) is 0.333. The van der Waals surface area contributed by atoms with Gasteiger partial charge in [-0.15, -0.1) is 0 Å². The third kappa shape index (κ3) is 5.51. The molecule has 11 heteroatoms. The number of amides is 1. The lowest BCUT2D eigenvalue weighted by molar-refractivity contribution is 0.0981. The standard InChI is InChI=1S/C24H28N6O4S/c1-3-34-18-6-4-17(5-7-18)20-9-8-19(22(28-20)30-14-10-16(2)11-15-30)23(31)29-35(32,33)24-21(25)26-12-13-27-24/h4-9,12-13,16H,3,10-11,14-15H2,1-2H3,(H2,25,26)(H,29,31). The molecule has 35 heavy (non-hydrogen) atoms. The normalized spacial score (nSPS) is 14.5. The van der Waals surface area contributed by atoms with Gasteiger partial charge in [-0.2, -0.15) is 8.42 Å². The Hall–Kier alpha value is -3.73. The average Bonchev–Trinajstić information content (AvgIpc) is 2.85. The van der Waals surface area contributed by atoms with Crippen molar-refractivity contribution in [2.75, 3.05) is 30.3 Å².